The Bertz CT molecular complexity index is 1370. The molecule has 5 fully saturated rings. The smallest absolute Gasteiger partial charge is 0.302 e. The highest BCUT2D eigenvalue weighted by molar-refractivity contribution is 5.84. The number of nitrogens with one attached hydrogen (secondary N) is 1. The van der Waals surface area contributed by atoms with Gasteiger partial charge in [0.1, 0.15) is 24.2 Å². The van der Waals surface area contributed by atoms with Gasteiger partial charge in [-0.1, -0.05) is 46.8 Å². The second-order valence-corrected chi connectivity index (χ2v) is 17.6. The van der Waals surface area contributed by atoms with Gasteiger partial charge in [0.15, 0.2) is 0 Å². The predicted molar refractivity (Wildman–Crippen MR) is 186 cm³/mol. The van der Waals surface area contributed by atoms with E-state index in [2.05, 4.69) is 53.4 Å². The van der Waals surface area contributed by atoms with Gasteiger partial charge in [0.2, 0.25) is 5.91 Å². The first-order valence-corrected chi connectivity index (χ1v) is 18.5. The molecule has 5 saturated carbocycles. The van der Waals surface area contributed by atoms with E-state index in [9.17, 15) is 9.59 Å². The summed E-state index contributed by atoms with van der Waals surface area (Å²) >= 11 is 0. The second-order valence-electron chi connectivity index (χ2n) is 17.6. The highest BCUT2D eigenvalue weighted by Gasteiger charge is 2.72. The molecule has 6 nitrogen and oxygen atoms in total. The molecule has 10 atom stereocenters. The van der Waals surface area contributed by atoms with E-state index in [0.29, 0.717) is 42.7 Å². The van der Waals surface area contributed by atoms with Crippen LogP contribution in [0.15, 0.2) is 36.4 Å². The summed E-state index contributed by atoms with van der Waals surface area (Å²) in [7, 11) is 1.66. The number of benzene rings is 1. The van der Waals surface area contributed by atoms with Gasteiger partial charge in [-0.15, -0.1) is 0 Å². The summed E-state index contributed by atoms with van der Waals surface area (Å²) in [5.41, 5.74) is 1.49. The van der Waals surface area contributed by atoms with Crippen LogP contribution in [0.5, 0.6) is 11.5 Å². The van der Waals surface area contributed by atoms with E-state index in [1.54, 1.807) is 14.0 Å². The summed E-state index contributed by atoms with van der Waals surface area (Å²) in [6, 6.07) is 7.60. The minimum Gasteiger partial charge on any atom is -0.497 e. The summed E-state index contributed by atoms with van der Waals surface area (Å²) in [6.45, 7) is 21.8. The van der Waals surface area contributed by atoms with Crippen molar-refractivity contribution < 1.29 is 23.8 Å². The van der Waals surface area contributed by atoms with Crippen molar-refractivity contribution in [1.82, 2.24) is 5.32 Å². The summed E-state index contributed by atoms with van der Waals surface area (Å²) in [6.07, 6.45) is 11.0. The maximum absolute atomic E-state index is 14.4. The normalized spacial score (nSPS) is 41.7. The van der Waals surface area contributed by atoms with Crippen LogP contribution >= 0.6 is 0 Å². The van der Waals surface area contributed by atoms with Gasteiger partial charge in [-0.3, -0.25) is 9.59 Å². The van der Waals surface area contributed by atoms with E-state index in [0.717, 1.165) is 50.0 Å². The van der Waals surface area contributed by atoms with Crippen molar-refractivity contribution in [3.63, 3.8) is 0 Å². The largest absolute Gasteiger partial charge is 0.497 e. The fraction of sp³-hybridized carbons (Fsp3) is 0.756. The Labute approximate surface area is 284 Å². The minimum atomic E-state index is -0.331. The number of esters is 1. The average Bonchev–Trinajstić information content (AvgIpc) is 3.42. The van der Waals surface area contributed by atoms with E-state index < -0.39 is 0 Å². The Morgan fingerprint density at radius 2 is 1.53 bits per heavy atom. The second kappa shape index (κ2) is 12.1. The Hall–Kier alpha value is -2.50. The van der Waals surface area contributed by atoms with Crippen molar-refractivity contribution in [3.05, 3.63) is 36.4 Å². The molecule has 1 N–H and O–H groups in total. The van der Waals surface area contributed by atoms with E-state index in [1.807, 2.05) is 24.3 Å². The zero-order chi connectivity index (χ0) is 34.0. The number of ether oxygens (including phenoxy) is 3. The molecule has 0 bridgehead atoms. The number of rotatable bonds is 8. The first kappa shape index (κ1) is 34.4. The van der Waals surface area contributed by atoms with Crippen LogP contribution in [0.4, 0.5) is 0 Å². The quantitative estimate of drug-likeness (QED) is 0.174. The van der Waals surface area contributed by atoms with Gasteiger partial charge >= 0.3 is 5.97 Å². The van der Waals surface area contributed by atoms with Crippen molar-refractivity contribution in [3.8, 4) is 11.5 Å². The lowest BCUT2D eigenvalue weighted by molar-refractivity contribution is -0.248. The molecule has 1 amide bonds. The molecule has 0 saturated heterocycles. The van der Waals surface area contributed by atoms with Crippen LogP contribution in [0, 0.1) is 56.7 Å². The zero-order valence-electron chi connectivity index (χ0n) is 30.5. The minimum absolute atomic E-state index is 0.000382. The van der Waals surface area contributed by atoms with Crippen LogP contribution in [0.1, 0.15) is 113 Å². The van der Waals surface area contributed by atoms with E-state index >= 15 is 0 Å². The number of hydrogen-bond donors (Lipinski definition) is 1. The molecule has 5 aliphatic carbocycles. The standard InChI is InChI=1S/C41H61NO5/c1-26(2)30-16-21-41(36(44)42-24-25-46-29-12-10-28(45-9)11-13-29)23-22-39(7)31(35(30)41)14-15-33-38(6)19-18-34(47-27(3)43)37(4,5)32(38)17-20-40(33,39)8/h10-13,30-35H,1,14-25H2,2-9H3,(H,42,44)/t30-,31+,32-,33+,34-,35+,38-,39+,40+,41-/m0/s1. The Morgan fingerprint density at radius 3 is 2.19 bits per heavy atom. The first-order valence-electron chi connectivity index (χ1n) is 18.5. The van der Waals surface area contributed by atoms with Crippen LogP contribution in [0.3, 0.4) is 0 Å². The fourth-order valence-corrected chi connectivity index (χ4v) is 13.1. The first-order chi connectivity index (χ1) is 22.1. The van der Waals surface area contributed by atoms with E-state index in [-0.39, 0.29) is 45.1 Å². The molecule has 5 aliphatic rings. The molecule has 0 unspecified atom stereocenters. The van der Waals surface area contributed by atoms with Gasteiger partial charge in [-0.25, -0.2) is 0 Å². The van der Waals surface area contributed by atoms with Gasteiger partial charge in [0, 0.05) is 12.3 Å². The third-order valence-corrected chi connectivity index (χ3v) is 15.5. The molecule has 0 spiro atoms. The Kier molecular flexibility index (Phi) is 8.87. The SMILES string of the molecule is C=C(C)[C@@H]1CC[C@]2(C(=O)NCCOc3ccc(OC)cc3)CC[C@]3(C)[C@H](CC[C@@H]4[C@@]5(C)CC[C@H](OC(C)=O)C(C)(C)[C@@H]5CC[C@]43C)[C@@H]12. The lowest BCUT2D eigenvalue weighted by Gasteiger charge is -2.72. The molecule has 0 aromatic heterocycles. The average molecular weight is 648 g/mol. The zero-order valence-corrected chi connectivity index (χ0v) is 30.5. The number of methoxy groups -OCH3 is 1. The Balaban J connectivity index is 1.22. The lowest BCUT2D eigenvalue weighted by Crippen LogP contribution is -2.67. The fourth-order valence-electron chi connectivity index (χ4n) is 13.1. The number of amides is 1. The summed E-state index contributed by atoms with van der Waals surface area (Å²) in [4.78, 5) is 26.4. The maximum Gasteiger partial charge on any atom is 0.302 e. The van der Waals surface area contributed by atoms with Gasteiger partial charge in [0.25, 0.3) is 0 Å². The lowest BCUT2D eigenvalue weighted by atomic mass is 9.32. The van der Waals surface area contributed by atoms with Crippen LogP contribution < -0.4 is 14.8 Å². The van der Waals surface area contributed by atoms with Crippen LogP contribution in [0.25, 0.3) is 0 Å². The van der Waals surface area contributed by atoms with Crippen molar-refractivity contribution in [2.45, 2.75) is 119 Å². The third kappa shape index (κ3) is 5.25. The van der Waals surface area contributed by atoms with Crippen LogP contribution in [-0.2, 0) is 14.3 Å². The summed E-state index contributed by atoms with van der Waals surface area (Å²) in [5.74, 6) is 4.07. The highest BCUT2D eigenvalue weighted by Crippen LogP contribution is 2.77. The number of carbonyl (C=O) groups is 2. The number of allylic oxidation sites excluding steroid dienone is 1. The molecular weight excluding hydrogens is 586 g/mol. The predicted octanol–water partition coefficient (Wildman–Crippen LogP) is 8.78. The molecule has 0 heterocycles. The molecule has 260 valence electrons. The van der Waals surface area contributed by atoms with Gasteiger partial charge in [-0.05, 0) is 141 Å². The van der Waals surface area contributed by atoms with Crippen molar-refractivity contribution in [2.75, 3.05) is 20.3 Å². The van der Waals surface area contributed by atoms with Crippen LogP contribution in [-0.4, -0.2) is 38.2 Å². The van der Waals surface area contributed by atoms with E-state index in [1.165, 1.54) is 31.3 Å². The third-order valence-electron chi connectivity index (χ3n) is 15.5. The molecule has 0 aliphatic heterocycles. The van der Waals surface area contributed by atoms with E-state index in [4.69, 9.17) is 14.2 Å². The van der Waals surface area contributed by atoms with Crippen molar-refractivity contribution in [1.29, 1.82) is 0 Å². The summed E-state index contributed by atoms with van der Waals surface area (Å²) < 4.78 is 17.2. The molecule has 47 heavy (non-hydrogen) atoms. The molecule has 6 heteroatoms. The number of hydrogen-bond acceptors (Lipinski definition) is 5. The summed E-state index contributed by atoms with van der Waals surface area (Å²) in [5, 5.41) is 3.36. The number of fused-ring (bicyclic) bond motifs is 7. The molecule has 0 radical (unpaired) electrons. The van der Waals surface area contributed by atoms with Crippen molar-refractivity contribution in [2.24, 2.45) is 56.7 Å². The number of carbonyl (C=O) groups excluding carboxylic acids is 2. The van der Waals surface area contributed by atoms with Gasteiger partial charge in [-0.2, -0.15) is 0 Å². The Morgan fingerprint density at radius 1 is 0.830 bits per heavy atom. The van der Waals surface area contributed by atoms with Gasteiger partial charge < -0.3 is 19.5 Å². The van der Waals surface area contributed by atoms with Crippen LogP contribution in [0.2, 0.25) is 0 Å². The molecular formula is C41H61NO5. The monoisotopic (exact) mass is 647 g/mol. The topological polar surface area (TPSA) is 73.9 Å². The van der Waals surface area contributed by atoms with Crippen molar-refractivity contribution >= 4 is 11.9 Å². The highest BCUT2D eigenvalue weighted by atomic mass is 16.5. The molecule has 6 rings (SSSR count). The molecule has 1 aromatic rings. The maximum atomic E-state index is 14.4. The van der Waals surface area contributed by atoms with Gasteiger partial charge in [0.05, 0.1) is 19.1 Å². The molecule has 1 aromatic carbocycles.